The van der Waals surface area contributed by atoms with E-state index in [2.05, 4.69) is 0 Å². The second kappa shape index (κ2) is 5.37. The molecule has 0 aliphatic rings. The summed E-state index contributed by atoms with van der Waals surface area (Å²) in [6.45, 7) is 0. The summed E-state index contributed by atoms with van der Waals surface area (Å²) in [6, 6.07) is 20.8. The highest BCUT2D eigenvalue weighted by molar-refractivity contribution is 6.86. The van der Waals surface area contributed by atoms with Gasteiger partial charge in [-0.1, -0.05) is 72.8 Å². The minimum atomic E-state index is -4.18. The second-order valence-corrected chi connectivity index (χ2v) is 7.85. The zero-order valence-corrected chi connectivity index (χ0v) is 12.3. The number of rotatable bonds is 2. The fraction of sp³-hybridized carbons (Fsp3) is 0.0588. The van der Waals surface area contributed by atoms with Crippen LogP contribution in [-0.4, -0.2) is 14.6 Å². The predicted molar refractivity (Wildman–Crippen MR) is 82.9 cm³/mol. The van der Waals surface area contributed by atoms with Gasteiger partial charge in [0.1, 0.15) is 0 Å². The minimum absolute atomic E-state index is 0.403. The van der Waals surface area contributed by atoms with Crippen molar-refractivity contribution >= 4 is 29.9 Å². The lowest BCUT2D eigenvalue weighted by Crippen LogP contribution is -2.53. The van der Waals surface area contributed by atoms with Gasteiger partial charge in [-0.15, -0.1) is 0 Å². The molecule has 21 heavy (non-hydrogen) atoms. The van der Waals surface area contributed by atoms with Crippen molar-refractivity contribution < 1.29 is 13.2 Å². The summed E-state index contributed by atoms with van der Waals surface area (Å²) in [5.41, 5.74) is 0. The number of benzene rings is 3. The van der Waals surface area contributed by atoms with E-state index in [9.17, 15) is 13.2 Å². The summed E-state index contributed by atoms with van der Waals surface area (Å²) < 4.78 is 40.7. The lowest BCUT2D eigenvalue weighted by Gasteiger charge is -2.20. The molecule has 0 aliphatic heterocycles. The van der Waals surface area contributed by atoms with Gasteiger partial charge in [-0.2, -0.15) is 13.2 Å². The van der Waals surface area contributed by atoms with Gasteiger partial charge in [-0.25, -0.2) is 0 Å². The summed E-state index contributed by atoms with van der Waals surface area (Å²) in [6.07, 6.45) is 0. The Morgan fingerprint density at radius 3 is 1.90 bits per heavy atom. The number of hydrogen-bond donors (Lipinski definition) is 0. The van der Waals surface area contributed by atoms with E-state index in [0.29, 0.717) is 10.4 Å². The third-order valence-electron chi connectivity index (χ3n) is 3.57. The first-order valence-corrected chi connectivity index (χ1v) is 8.39. The molecule has 4 heteroatoms. The third-order valence-corrected chi connectivity index (χ3v) is 6.30. The van der Waals surface area contributed by atoms with Crippen LogP contribution >= 0.6 is 0 Å². The molecule has 3 aromatic rings. The molecule has 0 fully saturated rings. The SMILES string of the molecule is FC(F)(F)[SiH](c1ccccc1)c1ccc2ccccc2c1. The summed E-state index contributed by atoms with van der Waals surface area (Å²) in [5, 5.41) is 2.63. The summed E-state index contributed by atoms with van der Waals surface area (Å²) in [5.74, 6) is -4.18. The molecule has 0 aromatic heterocycles. The molecule has 106 valence electrons. The lowest BCUT2D eigenvalue weighted by molar-refractivity contribution is -0.0483. The predicted octanol–water partition coefficient (Wildman–Crippen LogP) is 3.28. The molecule has 0 nitrogen and oxygen atoms in total. The molecular formula is C17H13F3Si. The van der Waals surface area contributed by atoms with Gasteiger partial charge >= 0.3 is 5.80 Å². The fourth-order valence-electron chi connectivity index (χ4n) is 2.60. The number of halogens is 3. The Morgan fingerprint density at radius 2 is 1.24 bits per heavy atom. The van der Waals surface area contributed by atoms with Crippen LogP contribution in [0.2, 0.25) is 0 Å². The van der Waals surface area contributed by atoms with E-state index in [0.717, 1.165) is 10.8 Å². The highest BCUT2D eigenvalue weighted by atomic mass is 28.3. The van der Waals surface area contributed by atoms with Crippen molar-refractivity contribution in [3.05, 3.63) is 72.8 Å². The molecule has 0 aliphatic carbocycles. The number of hydrogen-bond acceptors (Lipinski definition) is 0. The van der Waals surface area contributed by atoms with Crippen LogP contribution in [0.1, 0.15) is 0 Å². The summed E-state index contributed by atoms with van der Waals surface area (Å²) in [7, 11) is -3.25. The van der Waals surface area contributed by atoms with Crippen LogP contribution in [0.25, 0.3) is 10.8 Å². The molecular weight excluding hydrogens is 289 g/mol. The Kier molecular flexibility index (Phi) is 3.55. The Labute approximate surface area is 122 Å². The Balaban J connectivity index is 2.15. The van der Waals surface area contributed by atoms with Crippen molar-refractivity contribution in [2.75, 3.05) is 0 Å². The maximum Gasteiger partial charge on any atom is 0.367 e. The molecule has 0 saturated carbocycles. The van der Waals surface area contributed by atoms with Gasteiger partial charge in [-0.05, 0) is 21.1 Å². The summed E-state index contributed by atoms with van der Waals surface area (Å²) in [4.78, 5) is 0. The average Bonchev–Trinajstić information content (AvgIpc) is 2.47. The van der Waals surface area contributed by atoms with Crippen LogP contribution in [0.3, 0.4) is 0 Å². The van der Waals surface area contributed by atoms with Crippen molar-refractivity contribution in [3.8, 4) is 0 Å². The smallest absolute Gasteiger partial charge is 0.176 e. The van der Waals surface area contributed by atoms with Gasteiger partial charge in [0.2, 0.25) is 8.80 Å². The number of alkyl halides is 3. The van der Waals surface area contributed by atoms with Crippen molar-refractivity contribution in [2.24, 2.45) is 0 Å². The van der Waals surface area contributed by atoms with Gasteiger partial charge in [0, 0.05) is 0 Å². The standard InChI is InChI=1S/C17H13F3Si/c18-17(19,20)21(15-8-2-1-3-9-15)16-11-10-13-6-4-5-7-14(13)12-16/h1-12,21H. The zero-order valence-electron chi connectivity index (χ0n) is 11.1. The van der Waals surface area contributed by atoms with Crippen molar-refractivity contribution in [3.63, 3.8) is 0 Å². The van der Waals surface area contributed by atoms with E-state index in [-0.39, 0.29) is 0 Å². The van der Waals surface area contributed by atoms with E-state index in [4.69, 9.17) is 0 Å². The van der Waals surface area contributed by atoms with Gasteiger partial charge in [0.25, 0.3) is 0 Å². The monoisotopic (exact) mass is 302 g/mol. The first-order chi connectivity index (χ1) is 10.1. The van der Waals surface area contributed by atoms with Crippen molar-refractivity contribution in [2.45, 2.75) is 5.80 Å². The molecule has 0 bridgehead atoms. The molecule has 0 amide bonds. The highest BCUT2D eigenvalue weighted by Crippen LogP contribution is 2.21. The Morgan fingerprint density at radius 1 is 0.619 bits per heavy atom. The van der Waals surface area contributed by atoms with E-state index in [1.807, 2.05) is 24.3 Å². The first kappa shape index (κ1) is 13.9. The minimum Gasteiger partial charge on any atom is -0.176 e. The molecule has 0 heterocycles. The average molecular weight is 302 g/mol. The normalized spacial score (nSPS) is 13.3. The first-order valence-electron chi connectivity index (χ1n) is 6.66. The van der Waals surface area contributed by atoms with Crippen LogP contribution in [0, 0.1) is 0 Å². The van der Waals surface area contributed by atoms with Crippen molar-refractivity contribution in [1.29, 1.82) is 0 Å². The quantitative estimate of drug-likeness (QED) is 0.637. The van der Waals surface area contributed by atoms with Crippen LogP contribution < -0.4 is 10.4 Å². The van der Waals surface area contributed by atoms with Crippen molar-refractivity contribution in [1.82, 2.24) is 0 Å². The van der Waals surface area contributed by atoms with Gasteiger partial charge < -0.3 is 0 Å². The van der Waals surface area contributed by atoms with Crippen LogP contribution in [0.5, 0.6) is 0 Å². The zero-order chi connectivity index (χ0) is 14.9. The fourth-order valence-corrected chi connectivity index (χ4v) is 4.99. The van der Waals surface area contributed by atoms with Crippen LogP contribution in [-0.2, 0) is 0 Å². The largest absolute Gasteiger partial charge is 0.367 e. The molecule has 0 saturated heterocycles. The van der Waals surface area contributed by atoms with Crippen LogP contribution in [0.15, 0.2) is 72.8 Å². The molecule has 0 radical (unpaired) electrons. The second-order valence-electron chi connectivity index (χ2n) is 4.99. The molecule has 1 unspecified atom stereocenters. The number of fused-ring (bicyclic) bond motifs is 1. The summed E-state index contributed by atoms with van der Waals surface area (Å²) >= 11 is 0. The van der Waals surface area contributed by atoms with E-state index in [1.165, 1.54) is 0 Å². The highest BCUT2D eigenvalue weighted by Gasteiger charge is 2.43. The Bertz CT molecular complexity index is 751. The molecule has 3 aromatic carbocycles. The topological polar surface area (TPSA) is 0 Å². The molecule has 1 atom stereocenters. The Hall–Kier alpha value is -2.07. The van der Waals surface area contributed by atoms with Gasteiger partial charge in [0.05, 0.1) is 0 Å². The van der Waals surface area contributed by atoms with Gasteiger partial charge in [-0.3, -0.25) is 0 Å². The van der Waals surface area contributed by atoms with E-state index in [1.54, 1.807) is 48.5 Å². The van der Waals surface area contributed by atoms with E-state index < -0.39 is 14.6 Å². The third kappa shape index (κ3) is 2.85. The van der Waals surface area contributed by atoms with Gasteiger partial charge in [0.15, 0.2) is 0 Å². The maximum atomic E-state index is 13.6. The molecule has 0 N–H and O–H groups in total. The van der Waals surface area contributed by atoms with Crippen LogP contribution in [0.4, 0.5) is 13.2 Å². The molecule has 0 spiro atoms. The molecule has 3 rings (SSSR count). The lowest BCUT2D eigenvalue weighted by atomic mass is 10.1. The maximum absolute atomic E-state index is 13.6. The van der Waals surface area contributed by atoms with E-state index >= 15 is 0 Å².